The van der Waals surface area contributed by atoms with Gasteiger partial charge in [-0.1, -0.05) is 65.7 Å². The third-order valence-electron chi connectivity index (χ3n) is 5.72. The van der Waals surface area contributed by atoms with E-state index in [1.54, 1.807) is 32.4 Å². The Morgan fingerprint density at radius 3 is 2.14 bits per heavy atom. The van der Waals surface area contributed by atoms with Crippen molar-refractivity contribution in [3.05, 3.63) is 94.0 Å². The fourth-order valence-electron chi connectivity index (χ4n) is 3.94. The van der Waals surface area contributed by atoms with Crippen LogP contribution in [0.2, 0.25) is 10.0 Å². The first-order valence-corrected chi connectivity index (χ1v) is 11.6. The first-order valence-electron chi connectivity index (χ1n) is 10.9. The van der Waals surface area contributed by atoms with Gasteiger partial charge in [0, 0.05) is 18.2 Å². The Hall–Kier alpha value is -3.54. The van der Waals surface area contributed by atoms with Crippen molar-refractivity contribution in [3.63, 3.8) is 0 Å². The number of benzene rings is 4. The SMILES string of the molecule is COc1cccc(OC)c1-c1ccc2cc(CC(N=Cc3c(Cl)cccc3Cl)C(=O)O)ccc2c1. The number of ether oxygens (including phenoxy) is 2. The second kappa shape index (κ2) is 10.8. The number of carbonyl (C=O) groups is 1. The molecule has 5 nitrogen and oxygen atoms in total. The first-order chi connectivity index (χ1) is 16.9. The number of hydrogen-bond acceptors (Lipinski definition) is 4. The van der Waals surface area contributed by atoms with Crippen LogP contribution in [-0.2, 0) is 11.2 Å². The highest BCUT2D eigenvalue weighted by Crippen LogP contribution is 2.39. The molecule has 0 aliphatic heterocycles. The minimum Gasteiger partial charge on any atom is -0.496 e. The highest BCUT2D eigenvalue weighted by molar-refractivity contribution is 6.38. The van der Waals surface area contributed by atoms with E-state index in [1.807, 2.05) is 48.5 Å². The van der Waals surface area contributed by atoms with E-state index in [0.29, 0.717) is 15.6 Å². The minimum absolute atomic E-state index is 0.228. The van der Waals surface area contributed by atoms with Crippen LogP contribution in [-0.4, -0.2) is 37.6 Å². The molecule has 0 aliphatic carbocycles. The molecule has 4 rings (SSSR count). The van der Waals surface area contributed by atoms with Crippen LogP contribution in [0.25, 0.3) is 21.9 Å². The quantitative estimate of drug-likeness (QED) is 0.262. The summed E-state index contributed by atoms with van der Waals surface area (Å²) in [4.78, 5) is 16.1. The number of methoxy groups -OCH3 is 2. The molecule has 0 bridgehead atoms. The van der Waals surface area contributed by atoms with Crippen LogP contribution in [0.15, 0.2) is 77.8 Å². The molecule has 0 fully saturated rings. The van der Waals surface area contributed by atoms with Crippen molar-refractivity contribution in [2.45, 2.75) is 12.5 Å². The summed E-state index contributed by atoms with van der Waals surface area (Å²) >= 11 is 12.3. The Kier molecular flexibility index (Phi) is 7.59. The summed E-state index contributed by atoms with van der Waals surface area (Å²) in [6.07, 6.45) is 1.66. The molecule has 1 N–H and O–H groups in total. The fourth-order valence-corrected chi connectivity index (χ4v) is 4.43. The van der Waals surface area contributed by atoms with Gasteiger partial charge in [0.25, 0.3) is 0 Å². The molecule has 0 aliphatic rings. The van der Waals surface area contributed by atoms with Crippen molar-refractivity contribution < 1.29 is 19.4 Å². The van der Waals surface area contributed by atoms with Gasteiger partial charge in [0.15, 0.2) is 6.04 Å². The zero-order valence-electron chi connectivity index (χ0n) is 19.2. The van der Waals surface area contributed by atoms with Crippen LogP contribution in [0.1, 0.15) is 11.1 Å². The minimum atomic E-state index is -1.02. The van der Waals surface area contributed by atoms with Gasteiger partial charge in [-0.05, 0) is 52.2 Å². The molecule has 0 saturated carbocycles. The summed E-state index contributed by atoms with van der Waals surface area (Å²) < 4.78 is 11.1. The Morgan fingerprint density at radius 2 is 1.51 bits per heavy atom. The Labute approximate surface area is 213 Å². The topological polar surface area (TPSA) is 68.1 Å². The van der Waals surface area contributed by atoms with Crippen molar-refractivity contribution in [3.8, 4) is 22.6 Å². The number of nitrogens with zero attached hydrogens (tertiary/aromatic N) is 1. The van der Waals surface area contributed by atoms with Crippen molar-refractivity contribution in [2.75, 3.05) is 14.2 Å². The Balaban J connectivity index is 1.63. The molecule has 0 spiro atoms. The summed E-state index contributed by atoms with van der Waals surface area (Å²) in [7, 11) is 3.26. The maximum absolute atomic E-state index is 11.9. The molecule has 35 heavy (non-hydrogen) atoms. The zero-order chi connectivity index (χ0) is 24.9. The number of carboxylic acids is 1. The highest BCUT2D eigenvalue weighted by Gasteiger charge is 2.18. The molecule has 1 atom stereocenters. The van der Waals surface area contributed by atoms with E-state index in [-0.39, 0.29) is 6.42 Å². The molecule has 0 heterocycles. The van der Waals surface area contributed by atoms with E-state index in [4.69, 9.17) is 32.7 Å². The maximum Gasteiger partial charge on any atom is 0.328 e. The van der Waals surface area contributed by atoms with E-state index in [9.17, 15) is 9.90 Å². The van der Waals surface area contributed by atoms with Gasteiger partial charge in [0.2, 0.25) is 0 Å². The monoisotopic (exact) mass is 507 g/mol. The van der Waals surface area contributed by atoms with E-state index >= 15 is 0 Å². The van der Waals surface area contributed by atoms with Gasteiger partial charge < -0.3 is 14.6 Å². The summed E-state index contributed by atoms with van der Waals surface area (Å²) in [5.41, 5.74) is 3.20. The van der Waals surface area contributed by atoms with Gasteiger partial charge in [-0.25, -0.2) is 4.79 Å². The molecule has 1 unspecified atom stereocenters. The number of carboxylic acid groups (broad SMARTS) is 1. The standard InChI is InChI=1S/C28H23Cl2NO4/c1-34-25-7-4-8-26(35-2)27(25)20-12-11-18-13-17(9-10-19(18)15-20)14-24(28(32)33)31-16-21-22(29)5-3-6-23(21)30/h3-13,15-16,24H,14H2,1-2H3,(H,32,33). The molecule has 4 aromatic rings. The number of halogens is 2. The molecule has 0 aromatic heterocycles. The number of hydrogen-bond donors (Lipinski definition) is 1. The van der Waals surface area contributed by atoms with Crippen LogP contribution >= 0.6 is 23.2 Å². The fraction of sp³-hybridized carbons (Fsp3) is 0.143. The van der Waals surface area contributed by atoms with E-state index < -0.39 is 12.0 Å². The predicted octanol–water partition coefficient (Wildman–Crippen LogP) is 6.95. The van der Waals surface area contributed by atoms with Crippen LogP contribution < -0.4 is 9.47 Å². The van der Waals surface area contributed by atoms with Gasteiger partial charge >= 0.3 is 5.97 Å². The maximum atomic E-state index is 11.9. The summed E-state index contributed by atoms with van der Waals surface area (Å²) in [6, 6.07) is 21.7. The average Bonchev–Trinajstić information content (AvgIpc) is 2.86. The number of aliphatic carboxylic acids is 1. The van der Waals surface area contributed by atoms with Crippen molar-refractivity contribution in [1.82, 2.24) is 0 Å². The number of aliphatic imine (C=N–C) groups is 1. The van der Waals surface area contributed by atoms with Crippen molar-refractivity contribution in [2.24, 2.45) is 4.99 Å². The van der Waals surface area contributed by atoms with Crippen LogP contribution in [0, 0.1) is 0 Å². The van der Waals surface area contributed by atoms with Gasteiger partial charge in [-0.3, -0.25) is 4.99 Å². The Morgan fingerprint density at radius 1 is 0.914 bits per heavy atom. The largest absolute Gasteiger partial charge is 0.496 e. The lowest BCUT2D eigenvalue weighted by atomic mass is 9.97. The molecule has 0 saturated heterocycles. The van der Waals surface area contributed by atoms with Crippen LogP contribution in [0.3, 0.4) is 0 Å². The third kappa shape index (κ3) is 5.42. The smallest absolute Gasteiger partial charge is 0.328 e. The number of fused-ring (bicyclic) bond motifs is 1. The van der Waals surface area contributed by atoms with E-state index in [2.05, 4.69) is 11.1 Å². The predicted molar refractivity (Wildman–Crippen MR) is 142 cm³/mol. The van der Waals surface area contributed by atoms with Crippen molar-refractivity contribution >= 4 is 46.2 Å². The zero-order valence-corrected chi connectivity index (χ0v) is 20.7. The normalized spacial score (nSPS) is 12.1. The molecule has 4 aromatic carbocycles. The molecular formula is C28H23Cl2NO4. The molecule has 0 amide bonds. The van der Waals surface area contributed by atoms with Gasteiger partial charge in [0.1, 0.15) is 11.5 Å². The van der Waals surface area contributed by atoms with Gasteiger partial charge in [-0.2, -0.15) is 0 Å². The lowest BCUT2D eigenvalue weighted by Crippen LogP contribution is -2.21. The molecule has 7 heteroatoms. The number of rotatable bonds is 8. The van der Waals surface area contributed by atoms with Crippen LogP contribution in [0.5, 0.6) is 11.5 Å². The average molecular weight is 508 g/mol. The third-order valence-corrected chi connectivity index (χ3v) is 6.38. The highest BCUT2D eigenvalue weighted by atomic mass is 35.5. The summed E-state index contributed by atoms with van der Waals surface area (Å²) in [6.45, 7) is 0. The van der Waals surface area contributed by atoms with Gasteiger partial charge in [0.05, 0.1) is 29.8 Å². The lowest BCUT2D eigenvalue weighted by Gasteiger charge is -2.14. The first kappa shape index (κ1) is 24.6. The summed E-state index contributed by atoms with van der Waals surface area (Å²) in [5, 5.41) is 12.6. The lowest BCUT2D eigenvalue weighted by molar-refractivity contribution is -0.138. The molecule has 0 radical (unpaired) electrons. The van der Waals surface area contributed by atoms with Crippen molar-refractivity contribution in [1.29, 1.82) is 0 Å². The summed E-state index contributed by atoms with van der Waals surface area (Å²) in [5.74, 6) is 0.422. The molecule has 178 valence electrons. The second-order valence-electron chi connectivity index (χ2n) is 7.91. The van der Waals surface area contributed by atoms with Gasteiger partial charge in [-0.15, -0.1) is 0 Å². The molecular weight excluding hydrogens is 485 g/mol. The van der Waals surface area contributed by atoms with Crippen LogP contribution in [0.4, 0.5) is 0 Å². The Bertz CT molecular complexity index is 1380. The van der Waals surface area contributed by atoms with E-state index in [0.717, 1.165) is 39.0 Å². The second-order valence-corrected chi connectivity index (χ2v) is 8.72. The van der Waals surface area contributed by atoms with E-state index in [1.165, 1.54) is 6.21 Å².